The van der Waals surface area contributed by atoms with E-state index in [1.807, 2.05) is 6.07 Å². The number of amides is 1. The fourth-order valence-corrected chi connectivity index (χ4v) is 2.15. The number of nitro benzene ring substituents is 1. The molecule has 0 aliphatic rings. The molecule has 0 aliphatic heterocycles. The molecule has 0 atom stereocenters. The number of nitro groups is 1. The highest BCUT2D eigenvalue weighted by Gasteiger charge is 2.12. The first kappa shape index (κ1) is 18.5. The summed E-state index contributed by atoms with van der Waals surface area (Å²) in [7, 11) is 0. The number of carbonyl (C=O) groups is 1. The van der Waals surface area contributed by atoms with Crippen molar-refractivity contribution in [2.24, 2.45) is 5.10 Å². The fourth-order valence-electron chi connectivity index (χ4n) is 2.15. The van der Waals surface area contributed by atoms with Crippen LogP contribution in [0, 0.1) is 35.3 Å². The van der Waals surface area contributed by atoms with E-state index in [1.165, 1.54) is 24.4 Å². The highest BCUT2D eigenvalue weighted by molar-refractivity contribution is 5.86. The minimum Gasteiger partial charge on any atom is -0.467 e. The molecule has 0 radical (unpaired) electrons. The number of ether oxygens (including phenoxy) is 1. The normalized spacial score (nSPS) is 10.3. The highest BCUT2D eigenvalue weighted by Crippen LogP contribution is 2.19. The van der Waals surface area contributed by atoms with Crippen molar-refractivity contribution in [1.82, 2.24) is 10.4 Å². The van der Waals surface area contributed by atoms with Gasteiger partial charge in [0.15, 0.2) is 6.61 Å². The van der Waals surface area contributed by atoms with Crippen molar-refractivity contribution in [2.75, 3.05) is 6.61 Å². The van der Waals surface area contributed by atoms with Crippen LogP contribution in [0.5, 0.6) is 5.88 Å². The molecule has 9 nitrogen and oxygen atoms in total. The van der Waals surface area contributed by atoms with E-state index in [2.05, 4.69) is 15.5 Å². The molecule has 1 heterocycles. The number of nitriles is 1. The Balaban J connectivity index is 1.99. The second-order valence-electron chi connectivity index (χ2n) is 5.27. The van der Waals surface area contributed by atoms with Crippen LogP contribution in [0.25, 0.3) is 0 Å². The second-order valence-corrected chi connectivity index (χ2v) is 5.27. The number of hydrogen-bond donors (Lipinski definition) is 1. The topological polar surface area (TPSA) is 131 Å². The van der Waals surface area contributed by atoms with Crippen LogP contribution in [0.2, 0.25) is 0 Å². The summed E-state index contributed by atoms with van der Waals surface area (Å²) in [5, 5.41) is 23.7. The minimum atomic E-state index is -0.593. The number of para-hydroxylation sites is 1. The van der Waals surface area contributed by atoms with Crippen LogP contribution in [0.1, 0.15) is 22.4 Å². The van der Waals surface area contributed by atoms with Gasteiger partial charge in [-0.25, -0.2) is 10.4 Å². The van der Waals surface area contributed by atoms with Gasteiger partial charge in [0.1, 0.15) is 11.6 Å². The van der Waals surface area contributed by atoms with Crippen molar-refractivity contribution in [3.8, 4) is 11.9 Å². The second kappa shape index (κ2) is 8.34. The summed E-state index contributed by atoms with van der Waals surface area (Å²) < 4.78 is 5.29. The zero-order valence-electron chi connectivity index (χ0n) is 14.1. The van der Waals surface area contributed by atoms with E-state index in [0.717, 1.165) is 0 Å². The third-order valence-corrected chi connectivity index (χ3v) is 3.29. The van der Waals surface area contributed by atoms with E-state index in [0.29, 0.717) is 11.3 Å². The molecule has 0 aliphatic carbocycles. The van der Waals surface area contributed by atoms with E-state index in [9.17, 15) is 14.9 Å². The Hall–Kier alpha value is -3.80. The molecule has 2 aromatic rings. The molecule has 0 spiro atoms. The summed E-state index contributed by atoms with van der Waals surface area (Å²) in [4.78, 5) is 26.3. The van der Waals surface area contributed by atoms with Gasteiger partial charge in [0.05, 0.1) is 16.7 Å². The third-order valence-electron chi connectivity index (χ3n) is 3.29. The van der Waals surface area contributed by atoms with E-state index in [4.69, 9.17) is 10.00 Å². The molecule has 1 N–H and O–H groups in total. The summed E-state index contributed by atoms with van der Waals surface area (Å²) in [6.07, 6.45) is 1.17. The lowest BCUT2D eigenvalue weighted by Crippen LogP contribution is -2.25. The average Bonchev–Trinajstić information content (AvgIpc) is 2.60. The minimum absolute atomic E-state index is 0.0721. The van der Waals surface area contributed by atoms with E-state index >= 15 is 0 Å². The van der Waals surface area contributed by atoms with Crippen LogP contribution in [0.4, 0.5) is 5.69 Å². The highest BCUT2D eigenvalue weighted by atomic mass is 16.6. The first-order valence-electron chi connectivity index (χ1n) is 7.49. The molecular formula is C17H15N5O4. The Morgan fingerprint density at radius 1 is 1.46 bits per heavy atom. The summed E-state index contributed by atoms with van der Waals surface area (Å²) in [6, 6.07) is 9.71. The molecule has 0 unspecified atom stereocenters. The average molecular weight is 353 g/mol. The number of hydrogen-bond acceptors (Lipinski definition) is 7. The zero-order valence-corrected chi connectivity index (χ0v) is 14.1. The molecule has 1 aromatic carbocycles. The quantitative estimate of drug-likeness (QED) is 0.480. The monoisotopic (exact) mass is 353 g/mol. The largest absolute Gasteiger partial charge is 0.467 e. The van der Waals surface area contributed by atoms with Gasteiger partial charge in [-0.15, -0.1) is 0 Å². The zero-order chi connectivity index (χ0) is 19.1. The molecule has 0 saturated heterocycles. The summed E-state index contributed by atoms with van der Waals surface area (Å²) >= 11 is 0. The lowest BCUT2D eigenvalue weighted by atomic mass is 10.1. The van der Waals surface area contributed by atoms with Gasteiger partial charge in [-0.2, -0.15) is 10.4 Å². The Labute approximate surface area is 149 Å². The number of aromatic nitrogens is 1. The Morgan fingerprint density at radius 2 is 2.19 bits per heavy atom. The van der Waals surface area contributed by atoms with Crippen LogP contribution in [-0.4, -0.2) is 28.6 Å². The van der Waals surface area contributed by atoms with Crippen LogP contribution >= 0.6 is 0 Å². The third kappa shape index (κ3) is 4.61. The van der Waals surface area contributed by atoms with E-state index in [1.54, 1.807) is 26.0 Å². The molecule has 132 valence electrons. The molecule has 1 aromatic heterocycles. The van der Waals surface area contributed by atoms with Crippen molar-refractivity contribution in [2.45, 2.75) is 13.8 Å². The lowest BCUT2D eigenvalue weighted by Gasteiger charge is -2.08. The predicted molar refractivity (Wildman–Crippen MR) is 92.8 cm³/mol. The van der Waals surface area contributed by atoms with Gasteiger partial charge in [-0.3, -0.25) is 14.9 Å². The summed E-state index contributed by atoms with van der Waals surface area (Å²) in [5.41, 5.74) is 3.95. The van der Waals surface area contributed by atoms with Crippen LogP contribution in [0.15, 0.2) is 35.4 Å². The lowest BCUT2D eigenvalue weighted by molar-refractivity contribution is -0.385. The van der Waals surface area contributed by atoms with Gasteiger partial charge in [0, 0.05) is 11.8 Å². The first-order chi connectivity index (χ1) is 12.4. The van der Waals surface area contributed by atoms with Gasteiger partial charge in [0.2, 0.25) is 5.88 Å². The standard InChI is InChI=1S/C17H15N5O4/c1-11-7-12(2)20-17(14(11)8-18)26-10-16(23)21-19-9-13-5-3-4-6-15(13)22(24)25/h3-7,9H,10H2,1-2H3,(H,21,23). The molecular weight excluding hydrogens is 338 g/mol. The van der Waals surface area contributed by atoms with E-state index in [-0.39, 0.29) is 22.7 Å². The number of nitrogens with zero attached hydrogens (tertiary/aromatic N) is 4. The maximum atomic E-state index is 11.8. The maximum Gasteiger partial charge on any atom is 0.278 e. The molecule has 2 rings (SSSR count). The van der Waals surface area contributed by atoms with Crippen molar-refractivity contribution >= 4 is 17.8 Å². The number of benzene rings is 1. The molecule has 9 heteroatoms. The first-order valence-corrected chi connectivity index (χ1v) is 7.49. The number of carbonyl (C=O) groups excluding carboxylic acids is 1. The number of hydrazone groups is 1. The van der Waals surface area contributed by atoms with E-state index < -0.39 is 17.4 Å². The van der Waals surface area contributed by atoms with Gasteiger partial charge >= 0.3 is 0 Å². The van der Waals surface area contributed by atoms with Gasteiger partial charge in [0.25, 0.3) is 11.6 Å². The van der Waals surface area contributed by atoms with Crippen LogP contribution in [-0.2, 0) is 4.79 Å². The number of pyridine rings is 1. The van der Waals surface area contributed by atoms with Gasteiger partial charge < -0.3 is 4.74 Å². The van der Waals surface area contributed by atoms with Crippen LogP contribution in [0.3, 0.4) is 0 Å². The number of aryl methyl sites for hydroxylation is 2. The fraction of sp³-hybridized carbons (Fsp3) is 0.176. The maximum absolute atomic E-state index is 11.8. The number of nitrogens with one attached hydrogen (secondary N) is 1. The van der Waals surface area contributed by atoms with Gasteiger partial charge in [-0.05, 0) is 31.5 Å². The smallest absolute Gasteiger partial charge is 0.278 e. The Bertz CT molecular complexity index is 918. The molecule has 0 fully saturated rings. The summed E-state index contributed by atoms with van der Waals surface area (Å²) in [6.45, 7) is 3.09. The number of rotatable bonds is 6. The Morgan fingerprint density at radius 3 is 2.88 bits per heavy atom. The van der Waals surface area contributed by atoms with Crippen molar-refractivity contribution in [3.05, 3.63) is 62.8 Å². The van der Waals surface area contributed by atoms with Crippen molar-refractivity contribution < 1.29 is 14.5 Å². The van der Waals surface area contributed by atoms with Crippen LogP contribution < -0.4 is 10.2 Å². The van der Waals surface area contributed by atoms with Crippen molar-refractivity contribution in [1.29, 1.82) is 5.26 Å². The molecule has 1 amide bonds. The molecule has 0 saturated carbocycles. The molecule has 26 heavy (non-hydrogen) atoms. The molecule has 0 bridgehead atoms. The summed E-state index contributed by atoms with van der Waals surface area (Å²) in [5.74, 6) is -0.521. The van der Waals surface area contributed by atoms with Crippen molar-refractivity contribution in [3.63, 3.8) is 0 Å². The predicted octanol–water partition coefficient (Wildman–Crippen LogP) is 2.01. The van der Waals surface area contributed by atoms with Gasteiger partial charge in [-0.1, -0.05) is 12.1 Å². The SMILES string of the molecule is Cc1cc(C)c(C#N)c(OCC(=O)NN=Cc2ccccc2[N+](=O)[O-])n1. The Kier molecular flexibility index (Phi) is 5.95.